The van der Waals surface area contributed by atoms with Gasteiger partial charge in [-0.2, -0.15) is 0 Å². The van der Waals surface area contributed by atoms with Crippen molar-refractivity contribution in [1.82, 2.24) is 15.7 Å². The van der Waals surface area contributed by atoms with Crippen molar-refractivity contribution in [3.05, 3.63) is 16.6 Å². The first-order valence-electron chi connectivity index (χ1n) is 5.58. The molecule has 0 saturated carbocycles. The fraction of sp³-hybridized carbons (Fsp3) is 0.600. The highest BCUT2D eigenvalue weighted by molar-refractivity contribution is 7.09. The molecule has 1 aromatic heterocycles. The van der Waals surface area contributed by atoms with E-state index in [2.05, 4.69) is 20.7 Å². The van der Waals surface area contributed by atoms with Crippen molar-refractivity contribution in [1.29, 1.82) is 0 Å². The molecule has 0 aliphatic carbocycles. The van der Waals surface area contributed by atoms with Gasteiger partial charge in [-0.05, 0) is 13.3 Å². The van der Waals surface area contributed by atoms with E-state index in [1.807, 2.05) is 12.3 Å². The summed E-state index contributed by atoms with van der Waals surface area (Å²) in [7, 11) is 0. The first-order valence-corrected chi connectivity index (χ1v) is 6.45. The summed E-state index contributed by atoms with van der Waals surface area (Å²) in [4.78, 5) is 8.42. The lowest BCUT2D eigenvalue weighted by molar-refractivity contribution is 0.145. The number of nitrogens with two attached hydrogens (primary N) is 1. The normalized spacial score (nSPS) is 11.5. The summed E-state index contributed by atoms with van der Waals surface area (Å²) < 4.78 is 5.23. The van der Waals surface area contributed by atoms with E-state index < -0.39 is 0 Å². The summed E-state index contributed by atoms with van der Waals surface area (Å²) in [5.74, 6) is 5.94. The van der Waals surface area contributed by atoms with Crippen molar-refractivity contribution in [2.24, 2.45) is 10.8 Å². The third kappa shape index (κ3) is 6.20. The molecular weight excluding hydrogens is 238 g/mol. The van der Waals surface area contributed by atoms with E-state index in [-0.39, 0.29) is 0 Å². The van der Waals surface area contributed by atoms with Gasteiger partial charge < -0.3 is 10.1 Å². The van der Waals surface area contributed by atoms with Crippen LogP contribution < -0.4 is 16.6 Å². The van der Waals surface area contributed by atoms with Crippen LogP contribution in [0.5, 0.6) is 0 Å². The SMILES string of the molecule is CCOCCCNC(=NCc1nccs1)NN. The maximum absolute atomic E-state index is 5.36. The Kier molecular flexibility index (Phi) is 7.28. The first kappa shape index (κ1) is 13.9. The van der Waals surface area contributed by atoms with Gasteiger partial charge in [0.15, 0.2) is 0 Å². The van der Waals surface area contributed by atoms with E-state index in [1.54, 1.807) is 17.5 Å². The molecule has 1 aromatic rings. The minimum atomic E-state index is 0.537. The van der Waals surface area contributed by atoms with Crippen LogP contribution in [0.15, 0.2) is 16.6 Å². The van der Waals surface area contributed by atoms with Gasteiger partial charge in [0.2, 0.25) is 5.96 Å². The number of aliphatic imine (C=N–C) groups is 1. The molecular formula is C10H19N5OS. The summed E-state index contributed by atoms with van der Waals surface area (Å²) in [6.45, 7) is 4.79. The second-order valence-electron chi connectivity index (χ2n) is 3.21. The lowest BCUT2D eigenvalue weighted by atomic mass is 10.4. The van der Waals surface area contributed by atoms with Crippen molar-refractivity contribution in [2.75, 3.05) is 19.8 Å². The summed E-state index contributed by atoms with van der Waals surface area (Å²) in [6, 6.07) is 0. The zero-order chi connectivity index (χ0) is 12.3. The van der Waals surface area contributed by atoms with Crippen LogP contribution in [0.1, 0.15) is 18.4 Å². The molecule has 0 unspecified atom stereocenters. The third-order valence-electron chi connectivity index (χ3n) is 1.95. The molecule has 0 spiro atoms. The lowest BCUT2D eigenvalue weighted by Gasteiger charge is -2.08. The van der Waals surface area contributed by atoms with Crippen LogP contribution >= 0.6 is 11.3 Å². The number of rotatable bonds is 7. The second kappa shape index (κ2) is 8.91. The molecule has 17 heavy (non-hydrogen) atoms. The molecule has 7 heteroatoms. The van der Waals surface area contributed by atoms with Crippen LogP contribution in [-0.4, -0.2) is 30.7 Å². The van der Waals surface area contributed by atoms with Gasteiger partial charge in [-0.1, -0.05) is 0 Å². The Labute approximate surface area is 105 Å². The minimum Gasteiger partial charge on any atom is -0.382 e. The fourth-order valence-electron chi connectivity index (χ4n) is 1.16. The number of hydrogen-bond donors (Lipinski definition) is 3. The van der Waals surface area contributed by atoms with Crippen LogP contribution in [0.4, 0.5) is 0 Å². The number of nitrogens with one attached hydrogen (secondary N) is 2. The molecule has 6 nitrogen and oxygen atoms in total. The molecule has 0 radical (unpaired) electrons. The Hall–Kier alpha value is -1.18. The average Bonchev–Trinajstić information content (AvgIpc) is 2.86. The van der Waals surface area contributed by atoms with Crippen molar-refractivity contribution in [2.45, 2.75) is 19.9 Å². The molecule has 1 rings (SSSR count). The Bertz CT molecular complexity index is 315. The zero-order valence-corrected chi connectivity index (χ0v) is 10.8. The molecule has 0 aliphatic heterocycles. The molecule has 0 fully saturated rings. The number of aromatic nitrogens is 1. The summed E-state index contributed by atoms with van der Waals surface area (Å²) in [5, 5.41) is 5.99. The van der Waals surface area contributed by atoms with E-state index in [4.69, 9.17) is 10.6 Å². The van der Waals surface area contributed by atoms with Crippen LogP contribution in [0, 0.1) is 0 Å². The minimum absolute atomic E-state index is 0.537. The van der Waals surface area contributed by atoms with E-state index in [9.17, 15) is 0 Å². The number of hydrogen-bond acceptors (Lipinski definition) is 5. The van der Waals surface area contributed by atoms with Crippen LogP contribution in [-0.2, 0) is 11.3 Å². The fourth-order valence-corrected chi connectivity index (χ4v) is 1.70. The molecule has 0 bridgehead atoms. The predicted octanol–water partition coefficient (Wildman–Crippen LogP) is 0.479. The van der Waals surface area contributed by atoms with Gasteiger partial charge in [0.05, 0.1) is 6.54 Å². The highest BCUT2D eigenvalue weighted by atomic mass is 32.1. The molecule has 96 valence electrons. The molecule has 0 aromatic carbocycles. The highest BCUT2D eigenvalue weighted by Crippen LogP contribution is 2.04. The van der Waals surface area contributed by atoms with E-state index in [0.717, 1.165) is 31.2 Å². The standard InChI is InChI=1S/C10H19N5OS/c1-2-16-6-3-4-13-10(15-11)14-8-9-12-5-7-17-9/h5,7H,2-4,6,8,11H2,1H3,(H2,13,14,15). The van der Waals surface area contributed by atoms with Gasteiger partial charge in [0.25, 0.3) is 0 Å². The molecule has 4 N–H and O–H groups in total. The molecule has 0 aliphatic rings. The largest absolute Gasteiger partial charge is 0.382 e. The van der Waals surface area contributed by atoms with E-state index in [1.165, 1.54) is 0 Å². The van der Waals surface area contributed by atoms with Crippen LogP contribution in [0.25, 0.3) is 0 Å². The van der Waals surface area contributed by atoms with E-state index in [0.29, 0.717) is 12.5 Å². The van der Waals surface area contributed by atoms with Crippen molar-refractivity contribution < 1.29 is 4.74 Å². The highest BCUT2D eigenvalue weighted by Gasteiger charge is 1.97. The quantitative estimate of drug-likeness (QED) is 0.217. The summed E-state index contributed by atoms with van der Waals surface area (Å²) >= 11 is 1.58. The topological polar surface area (TPSA) is 84.6 Å². The van der Waals surface area contributed by atoms with Crippen molar-refractivity contribution >= 4 is 17.3 Å². The smallest absolute Gasteiger partial charge is 0.206 e. The maximum Gasteiger partial charge on any atom is 0.206 e. The van der Waals surface area contributed by atoms with Crippen molar-refractivity contribution in [3.63, 3.8) is 0 Å². The monoisotopic (exact) mass is 257 g/mol. The summed E-state index contributed by atoms with van der Waals surface area (Å²) in [6.07, 6.45) is 2.69. The average molecular weight is 257 g/mol. The van der Waals surface area contributed by atoms with Crippen LogP contribution in [0.2, 0.25) is 0 Å². The van der Waals surface area contributed by atoms with E-state index >= 15 is 0 Å². The van der Waals surface area contributed by atoms with Gasteiger partial charge in [-0.3, -0.25) is 5.43 Å². The van der Waals surface area contributed by atoms with Crippen LogP contribution in [0.3, 0.4) is 0 Å². The van der Waals surface area contributed by atoms with Gasteiger partial charge in [0.1, 0.15) is 5.01 Å². The van der Waals surface area contributed by atoms with Gasteiger partial charge in [-0.15, -0.1) is 11.3 Å². The summed E-state index contributed by atoms with van der Waals surface area (Å²) in [5.41, 5.74) is 2.53. The van der Waals surface area contributed by atoms with Gasteiger partial charge in [-0.25, -0.2) is 15.8 Å². The Morgan fingerprint density at radius 2 is 2.53 bits per heavy atom. The number of thiazole rings is 1. The van der Waals surface area contributed by atoms with Gasteiger partial charge in [0, 0.05) is 31.3 Å². The zero-order valence-electron chi connectivity index (χ0n) is 9.98. The predicted molar refractivity (Wildman–Crippen MR) is 69.7 cm³/mol. The second-order valence-corrected chi connectivity index (χ2v) is 4.19. The lowest BCUT2D eigenvalue weighted by Crippen LogP contribution is -2.42. The molecule has 0 amide bonds. The maximum atomic E-state index is 5.36. The number of ether oxygens (including phenoxy) is 1. The van der Waals surface area contributed by atoms with Crippen molar-refractivity contribution in [3.8, 4) is 0 Å². The first-order chi connectivity index (χ1) is 8.36. The number of nitrogens with zero attached hydrogens (tertiary/aromatic N) is 2. The Morgan fingerprint density at radius 3 is 3.18 bits per heavy atom. The number of guanidine groups is 1. The Morgan fingerprint density at radius 1 is 1.65 bits per heavy atom. The molecule has 1 heterocycles. The molecule has 0 saturated heterocycles. The Balaban J connectivity index is 2.20. The van der Waals surface area contributed by atoms with Gasteiger partial charge >= 0.3 is 0 Å². The number of hydrazine groups is 1. The third-order valence-corrected chi connectivity index (χ3v) is 2.72. The molecule has 0 atom stereocenters.